The first-order valence-corrected chi connectivity index (χ1v) is 14.7. The van der Waals surface area contributed by atoms with Crippen molar-refractivity contribution in [2.45, 2.75) is 62.7 Å². The van der Waals surface area contributed by atoms with Crippen LogP contribution in [0.15, 0.2) is 24.3 Å². The van der Waals surface area contributed by atoms with Crippen LogP contribution in [0, 0.1) is 0 Å². The van der Waals surface area contributed by atoms with Crippen LogP contribution in [-0.2, 0) is 28.8 Å². The van der Waals surface area contributed by atoms with Crippen LogP contribution < -0.4 is 42.5 Å². The lowest BCUT2D eigenvalue weighted by Gasteiger charge is -2.18. The molecule has 2 aliphatic rings. The fourth-order valence-corrected chi connectivity index (χ4v) is 4.68. The molecule has 2 aliphatic heterocycles. The Hall–Kier alpha value is -4.12. The van der Waals surface area contributed by atoms with Gasteiger partial charge in [-0.1, -0.05) is 0 Å². The number of aliphatic hydroxyl groups is 2. The molecule has 4 atom stereocenters. The van der Waals surface area contributed by atoms with Gasteiger partial charge in [-0.3, -0.25) is 28.8 Å². The summed E-state index contributed by atoms with van der Waals surface area (Å²) in [4.78, 5) is 73.5. The van der Waals surface area contributed by atoms with E-state index in [0.717, 1.165) is 25.9 Å². The van der Waals surface area contributed by atoms with E-state index in [1.807, 2.05) is 0 Å². The van der Waals surface area contributed by atoms with E-state index in [4.69, 9.17) is 0 Å². The lowest BCUT2D eigenvalue weighted by atomic mass is 10.2. The minimum absolute atomic E-state index is 0.00740. The summed E-state index contributed by atoms with van der Waals surface area (Å²) in [5.74, 6) is -2.66. The summed E-state index contributed by atoms with van der Waals surface area (Å²) in [6.07, 6.45) is 2.93. The molecule has 10 N–H and O–H groups in total. The second-order valence-corrected chi connectivity index (χ2v) is 10.5. The van der Waals surface area contributed by atoms with Gasteiger partial charge in [0, 0.05) is 37.3 Å². The molecule has 2 saturated heterocycles. The number of hydrogen-bond donors (Lipinski definition) is 10. The normalized spacial score (nSPS) is 18.9. The van der Waals surface area contributed by atoms with Gasteiger partial charge in [0.15, 0.2) is 0 Å². The van der Waals surface area contributed by atoms with Crippen molar-refractivity contribution in [2.75, 3.05) is 50.0 Å². The van der Waals surface area contributed by atoms with Gasteiger partial charge < -0.3 is 52.7 Å². The summed E-state index contributed by atoms with van der Waals surface area (Å²) in [6, 6.07) is 3.31. The molecule has 0 saturated carbocycles. The molecular formula is C28H42N8O8. The van der Waals surface area contributed by atoms with E-state index in [2.05, 4.69) is 42.5 Å². The fourth-order valence-electron chi connectivity index (χ4n) is 4.68. The number of nitrogens with one attached hydrogen (secondary N) is 8. The largest absolute Gasteiger partial charge is 0.394 e. The number of amides is 6. The van der Waals surface area contributed by atoms with Gasteiger partial charge in [-0.05, 0) is 63.0 Å². The van der Waals surface area contributed by atoms with Crippen molar-refractivity contribution in [2.24, 2.45) is 0 Å². The lowest BCUT2D eigenvalue weighted by Crippen LogP contribution is -2.53. The van der Waals surface area contributed by atoms with Crippen molar-refractivity contribution >= 4 is 46.8 Å². The molecule has 2 fully saturated rings. The van der Waals surface area contributed by atoms with Crippen molar-refractivity contribution in [3.05, 3.63) is 24.3 Å². The second kappa shape index (κ2) is 17.9. The standard InChI is InChI=1S/C28H42N8O8/c37-15-21(35-27(43)19-3-1-11-29-19)25(41)31-13-9-23(39)33-17-5-7-18(8-6-17)34-24(40)10-14-32-26(42)22(16-38)36-28(44)20-4-2-12-30-20/h5-8,19-22,29-30,37-38H,1-4,9-16H2,(H,31,41)(H,32,42)(H,33,39)(H,34,40)(H,35,43)(H,36,44)/t19-,20-,21-,22-/m0/s1. The minimum Gasteiger partial charge on any atom is -0.394 e. The Morgan fingerprint density at radius 1 is 0.682 bits per heavy atom. The molecule has 6 amide bonds. The zero-order valence-corrected chi connectivity index (χ0v) is 24.4. The van der Waals surface area contributed by atoms with Crippen LogP contribution in [-0.4, -0.2) is 109 Å². The van der Waals surface area contributed by atoms with Crippen LogP contribution in [0.2, 0.25) is 0 Å². The molecule has 0 radical (unpaired) electrons. The third kappa shape index (κ3) is 11.2. The quantitative estimate of drug-likeness (QED) is 0.0903. The highest BCUT2D eigenvalue weighted by molar-refractivity contribution is 5.94. The number of rotatable bonds is 16. The molecule has 2 heterocycles. The summed E-state index contributed by atoms with van der Waals surface area (Å²) >= 11 is 0. The Bertz CT molecular complexity index is 1060. The summed E-state index contributed by atoms with van der Waals surface area (Å²) in [5.41, 5.74) is 0.919. The summed E-state index contributed by atoms with van der Waals surface area (Å²) in [5, 5.41) is 40.4. The molecule has 0 aromatic heterocycles. The first-order valence-electron chi connectivity index (χ1n) is 14.7. The SMILES string of the molecule is O=C(CCNC(=O)[C@H](CO)NC(=O)[C@@H]1CCCN1)Nc1ccc(NC(=O)CCNC(=O)[C@H](CO)NC(=O)[C@@H]2CCCN2)cc1. The van der Waals surface area contributed by atoms with Crippen molar-refractivity contribution in [3.63, 3.8) is 0 Å². The third-order valence-electron chi connectivity index (χ3n) is 7.14. The lowest BCUT2D eigenvalue weighted by molar-refractivity contribution is -0.130. The second-order valence-electron chi connectivity index (χ2n) is 10.5. The Labute approximate surface area is 254 Å². The average molecular weight is 619 g/mol. The summed E-state index contributed by atoms with van der Waals surface area (Å²) < 4.78 is 0. The molecule has 44 heavy (non-hydrogen) atoms. The zero-order valence-electron chi connectivity index (χ0n) is 24.4. The van der Waals surface area contributed by atoms with Gasteiger partial charge in [0.05, 0.1) is 25.3 Å². The smallest absolute Gasteiger partial charge is 0.244 e. The highest BCUT2D eigenvalue weighted by Crippen LogP contribution is 2.14. The van der Waals surface area contributed by atoms with E-state index >= 15 is 0 Å². The van der Waals surface area contributed by atoms with Crippen molar-refractivity contribution in [1.82, 2.24) is 31.9 Å². The zero-order chi connectivity index (χ0) is 31.9. The molecule has 0 bridgehead atoms. The highest BCUT2D eigenvalue weighted by Gasteiger charge is 2.28. The maximum absolute atomic E-state index is 12.3. The van der Waals surface area contributed by atoms with Crippen LogP contribution in [0.5, 0.6) is 0 Å². The van der Waals surface area contributed by atoms with E-state index in [1.54, 1.807) is 24.3 Å². The third-order valence-corrected chi connectivity index (χ3v) is 7.14. The van der Waals surface area contributed by atoms with Gasteiger partial charge in [-0.25, -0.2) is 0 Å². The van der Waals surface area contributed by atoms with Crippen LogP contribution in [0.25, 0.3) is 0 Å². The first kappa shape index (κ1) is 34.4. The molecule has 3 rings (SSSR count). The number of anilines is 2. The number of aliphatic hydroxyl groups excluding tert-OH is 2. The molecule has 242 valence electrons. The van der Waals surface area contributed by atoms with Crippen LogP contribution in [0.1, 0.15) is 38.5 Å². The number of carbonyl (C=O) groups excluding carboxylic acids is 6. The molecular weight excluding hydrogens is 576 g/mol. The van der Waals surface area contributed by atoms with Gasteiger partial charge in [0.2, 0.25) is 35.4 Å². The van der Waals surface area contributed by atoms with E-state index in [9.17, 15) is 39.0 Å². The van der Waals surface area contributed by atoms with E-state index < -0.39 is 37.1 Å². The number of hydrogen-bond acceptors (Lipinski definition) is 10. The average Bonchev–Trinajstić information content (AvgIpc) is 3.75. The van der Waals surface area contributed by atoms with Gasteiger partial charge in [-0.2, -0.15) is 0 Å². The van der Waals surface area contributed by atoms with Gasteiger partial charge in [-0.15, -0.1) is 0 Å². The molecule has 1 aromatic rings. The molecule has 16 heteroatoms. The van der Waals surface area contributed by atoms with Gasteiger partial charge >= 0.3 is 0 Å². The summed E-state index contributed by atoms with van der Waals surface area (Å²) in [6.45, 7) is 0.278. The Morgan fingerprint density at radius 2 is 1.07 bits per heavy atom. The minimum atomic E-state index is -1.11. The van der Waals surface area contributed by atoms with Crippen LogP contribution in [0.3, 0.4) is 0 Å². The first-order chi connectivity index (χ1) is 21.2. The molecule has 0 spiro atoms. The molecule has 0 aliphatic carbocycles. The van der Waals surface area contributed by atoms with Crippen LogP contribution >= 0.6 is 0 Å². The monoisotopic (exact) mass is 618 g/mol. The number of carbonyl (C=O) groups is 6. The Morgan fingerprint density at radius 3 is 1.39 bits per heavy atom. The summed E-state index contributed by atoms with van der Waals surface area (Å²) in [7, 11) is 0. The van der Waals surface area contributed by atoms with E-state index in [0.29, 0.717) is 24.2 Å². The maximum atomic E-state index is 12.3. The van der Waals surface area contributed by atoms with Crippen molar-refractivity contribution < 1.29 is 39.0 Å². The van der Waals surface area contributed by atoms with Crippen molar-refractivity contribution in [3.8, 4) is 0 Å². The maximum Gasteiger partial charge on any atom is 0.244 e. The van der Waals surface area contributed by atoms with Gasteiger partial charge in [0.1, 0.15) is 12.1 Å². The topological polar surface area (TPSA) is 239 Å². The Balaban J connectivity index is 1.31. The van der Waals surface area contributed by atoms with E-state index in [1.165, 1.54) is 0 Å². The van der Waals surface area contributed by atoms with Crippen LogP contribution in [0.4, 0.5) is 11.4 Å². The molecule has 1 aromatic carbocycles. The van der Waals surface area contributed by atoms with Crippen molar-refractivity contribution in [1.29, 1.82) is 0 Å². The molecule has 0 unspecified atom stereocenters. The van der Waals surface area contributed by atoms with Gasteiger partial charge in [0.25, 0.3) is 0 Å². The van der Waals surface area contributed by atoms with E-state index in [-0.39, 0.29) is 61.6 Å². The Kier molecular flexibility index (Phi) is 14.0. The fraction of sp³-hybridized carbons (Fsp3) is 0.571. The number of benzene rings is 1. The highest BCUT2D eigenvalue weighted by atomic mass is 16.3. The molecule has 16 nitrogen and oxygen atoms in total. The predicted molar refractivity (Wildman–Crippen MR) is 159 cm³/mol. The predicted octanol–water partition coefficient (Wildman–Crippen LogP) is -2.97.